The van der Waals surface area contributed by atoms with E-state index in [0.29, 0.717) is 48.5 Å². The number of imidazole rings is 1. The van der Waals surface area contributed by atoms with Crippen LogP contribution in [0.4, 0.5) is 16.3 Å². The molecule has 4 aromatic rings. The number of nitrogens with one attached hydrogen (secondary N) is 2. The molecule has 1 fully saturated rings. The number of morpholine rings is 1. The number of halogens is 2. The summed E-state index contributed by atoms with van der Waals surface area (Å²) >= 11 is 3.51. The second-order valence-corrected chi connectivity index (χ2v) is 8.29. The van der Waals surface area contributed by atoms with Crippen molar-refractivity contribution in [3.63, 3.8) is 0 Å². The van der Waals surface area contributed by atoms with Crippen LogP contribution < -0.4 is 10.2 Å². The predicted molar refractivity (Wildman–Crippen MR) is 114 cm³/mol. The molecule has 1 aliphatic rings. The Morgan fingerprint density at radius 3 is 2.83 bits per heavy atom. The van der Waals surface area contributed by atoms with Crippen molar-refractivity contribution in [3.8, 4) is 0 Å². The van der Waals surface area contributed by atoms with E-state index in [-0.39, 0.29) is 18.0 Å². The molecule has 0 radical (unpaired) electrons. The molecule has 1 aromatic carbocycles. The van der Waals surface area contributed by atoms with Gasteiger partial charge in [-0.3, -0.25) is 0 Å². The van der Waals surface area contributed by atoms with E-state index in [1.165, 1.54) is 12.1 Å². The van der Waals surface area contributed by atoms with Gasteiger partial charge in [-0.25, -0.2) is 9.37 Å². The molecule has 0 aliphatic carbocycles. The number of anilines is 2. The topological polar surface area (TPSA) is 96.3 Å². The van der Waals surface area contributed by atoms with Crippen LogP contribution in [0.3, 0.4) is 0 Å². The highest BCUT2D eigenvalue weighted by atomic mass is 79.9. The minimum Gasteiger partial charge on any atom is -0.372 e. The Morgan fingerprint density at radius 1 is 1.23 bits per heavy atom. The summed E-state index contributed by atoms with van der Waals surface area (Å²) in [6.07, 6.45) is 1.87. The van der Waals surface area contributed by atoms with Gasteiger partial charge < -0.3 is 19.9 Å². The van der Waals surface area contributed by atoms with Crippen molar-refractivity contribution in [1.82, 2.24) is 29.5 Å². The van der Waals surface area contributed by atoms with Crippen LogP contribution in [-0.2, 0) is 11.3 Å². The average molecular weight is 475 g/mol. The molecule has 9 nitrogen and oxygen atoms in total. The van der Waals surface area contributed by atoms with Crippen LogP contribution in [0, 0.1) is 5.82 Å². The molecule has 1 aliphatic heterocycles. The fraction of sp³-hybridized carbons (Fsp3) is 0.368. The summed E-state index contributed by atoms with van der Waals surface area (Å²) in [5.41, 5.74) is 2.03. The third-order valence-corrected chi connectivity index (χ3v) is 5.48. The minimum atomic E-state index is -0.314. The van der Waals surface area contributed by atoms with Gasteiger partial charge in [-0.1, -0.05) is 0 Å². The number of hydrogen-bond acceptors (Lipinski definition) is 7. The summed E-state index contributed by atoms with van der Waals surface area (Å²) in [4.78, 5) is 19.2. The van der Waals surface area contributed by atoms with Crippen LogP contribution in [0.15, 0.2) is 28.9 Å². The number of aromatic nitrogens is 6. The van der Waals surface area contributed by atoms with Crippen molar-refractivity contribution in [1.29, 1.82) is 0 Å². The first-order valence-corrected chi connectivity index (χ1v) is 10.5. The maximum absolute atomic E-state index is 13.4. The summed E-state index contributed by atoms with van der Waals surface area (Å²) in [6.45, 7) is 5.87. The Bertz CT molecular complexity index is 1210. The Labute approximate surface area is 179 Å². The van der Waals surface area contributed by atoms with Gasteiger partial charge in [0.05, 0.1) is 40.5 Å². The summed E-state index contributed by atoms with van der Waals surface area (Å²) in [7, 11) is 0. The quantitative estimate of drug-likeness (QED) is 0.468. The fourth-order valence-corrected chi connectivity index (χ4v) is 4.06. The smallest absolute Gasteiger partial charge is 0.230 e. The summed E-state index contributed by atoms with van der Waals surface area (Å²) < 4.78 is 21.7. The summed E-state index contributed by atoms with van der Waals surface area (Å²) in [5.74, 6) is 1.51. The van der Waals surface area contributed by atoms with Crippen molar-refractivity contribution < 1.29 is 9.13 Å². The SMILES string of the molecule is C[C@@H]1CN(c2nc(NCc3nc4cc(F)ccc4[nH]3)n3ncc(Br)c3n2)C[C@H](C)O1. The van der Waals surface area contributed by atoms with Crippen molar-refractivity contribution in [2.45, 2.75) is 32.6 Å². The molecule has 1 saturated heterocycles. The van der Waals surface area contributed by atoms with Gasteiger partial charge >= 0.3 is 0 Å². The lowest BCUT2D eigenvalue weighted by atomic mass is 10.2. The fourth-order valence-electron chi connectivity index (χ4n) is 3.71. The van der Waals surface area contributed by atoms with Crippen molar-refractivity contribution in [2.24, 2.45) is 0 Å². The second-order valence-electron chi connectivity index (χ2n) is 7.44. The zero-order valence-corrected chi connectivity index (χ0v) is 18.0. The lowest BCUT2D eigenvalue weighted by molar-refractivity contribution is -0.00571. The molecule has 2 atom stereocenters. The number of ether oxygens (including phenoxy) is 1. The first kappa shape index (κ1) is 19.2. The Morgan fingerprint density at radius 2 is 2.03 bits per heavy atom. The maximum atomic E-state index is 13.4. The molecule has 30 heavy (non-hydrogen) atoms. The molecular formula is C19H20BrFN8O. The van der Waals surface area contributed by atoms with Gasteiger partial charge in [-0.05, 0) is 41.9 Å². The van der Waals surface area contributed by atoms with E-state index in [1.54, 1.807) is 16.8 Å². The third kappa shape index (κ3) is 3.58. The van der Waals surface area contributed by atoms with E-state index in [1.807, 2.05) is 13.8 Å². The number of fused-ring (bicyclic) bond motifs is 2. The molecule has 4 heterocycles. The van der Waals surface area contributed by atoms with Gasteiger partial charge in [-0.15, -0.1) is 0 Å². The monoisotopic (exact) mass is 474 g/mol. The van der Waals surface area contributed by atoms with E-state index in [0.717, 1.165) is 9.99 Å². The van der Waals surface area contributed by atoms with Crippen molar-refractivity contribution in [2.75, 3.05) is 23.3 Å². The van der Waals surface area contributed by atoms with E-state index in [9.17, 15) is 4.39 Å². The molecule has 2 N–H and O–H groups in total. The Balaban J connectivity index is 1.46. The Hall–Kier alpha value is -2.79. The molecule has 0 bridgehead atoms. The largest absolute Gasteiger partial charge is 0.372 e. The van der Waals surface area contributed by atoms with Gasteiger partial charge in [-0.2, -0.15) is 19.6 Å². The average Bonchev–Trinajstić information content (AvgIpc) is 3.28. The highest BCUT2D eigenvalue weighted by Gasteiger charge is 2.25. The highest BCUT2D eigenvalue weighted by molar-refractivity contribution is 9.10. The normalized spacial score (nSPS) is 19.7. The number of H-pyrrole nitrogens is 1. The summed E-state index contributed by atoms with van der Waals surface area (Å²) in [6, 6.07) is 4.48. The molecule has 3 aromatic heterocycles. The van der Waals surface area contributed by atoms with Crippen LogP contribution in [0.2, 0.25) is 0 Å². The number of nitrogens with zero attached hydrogens (tertiary/aromatic N) is 6. The molecule has 0 unspecified atom stereocenters. The van der Waals surface area contributed by atoms with Gasteiger partial charge in [0.25, 0.3) is 0 Å². The van der Waals surface area contributed by atoms with Crippen LogP contribution in [0.1, 0.15) is 19.7 Å². The minimum absolute atomic E-state index is 0.0919. The zero-order chi connectivity index (χ0) is 20.8. The van der Waals surface area contributed by atoms with Crippen molar-refractivity contribution >= 4 is 44.5 Å². The van der Waals surface area contributed by atoms with Crippen LogP contribution in [0.5, 0.6) is 0 Å². The molecule has 0 spiro atoms. The summed E-state index contributed by atoms with van der Waals surface area (Å²) in [5, 5.41) is 7.64. The molecule has 11 heteroatoms. The van der Waals surface area contributed by atoms with Crippen LogP contribution in [0.25, 0.3) is 16.7 Å². The molecule has 156 valence electrons. The zero-order valence-electron chi connectivity index (χ0n) is 16.4. The Kier molecular flexibility index (Phi) is 4.78. The second kappa shape index (κ2) is 7.47. The molecular weight excluding hydrogens is 455 g/mol. The van der Waals surface area contributed by atoms with Gasteiger partial charge in [0.15, 0.2) is 5.65 Å². The number of benzene rings is 1. The van der Waals surface area contributed by atoms with Gasteiger partial charge in [0, 0.05) is 19.2 Å². The predicted octanol–water partition coefficient (Wildman–Crippen LogP) is 3.13. The number of hydrogen-bond donors (Lipinski definition) is 2. The van der Waals surface area contributed by atoms with E-state index >= 15 is 0 Å². The molecule has 5 rings (SSSR count). The highest BCUT2D eigenvalue weighted by Crippen LogP contribution is 2.24. The number of rotatable bonds is 4. The lowest BCUT2D eigenvalue weighted by Gasteiger charge is -2.35. The van der Waals surface area contributed by atoms with Gasteiger partial charge in [0.2, 0.25) is 11.9 Å². The standard InChI is InChI=1S/C19H20BrFN8O/c1-10-8-28(9-11(2)30-10)19-26-17-13(20)6-23-29(17)18(27-19)22-7-16-24-14-4-3-12(21)5-15(14)25-16/h3-6,10-11H,7-9H2,1-2H3,(H,24,25)(H,22,26,27)/t10-,11+. The maximum Gasteiger partial charge on any atom is 0.230 e. The van der Waals surface area contributed by atoms with E-state index in [4.69, 9.17) is 14.7 Å². The van der Waals surface area contributed by atoms with Crippen LogP contribution >= 0.6 is 15.9 Å². The first-order chi connectivity index (χ1) is 14.5. The van der Waals surface area contributed by atoms with Crippen molar-refractivity contribution in [3.05, 3.63) is 40.5 Å². The third-order valence-electron chi connectivity index (χ3n) is 4.92. The molecule has 0 amide bonds. The van der Waals surface area contributed by atoms with Gasteiger partial charge in [0.1, 0.15) is 11.6 Å². The van der Waals surface area contributed by atoms with E-state index in [2.05, 4.69) is 41.2 Å². The van der Waals surface area contributed by atoms with Crippen LogP contribution in [-0.4, -0.2) is 54.8 Å². The lowest BCUT2D eigenvalue weighted by Crippen LogP contribution is -2.46. The van der Waals surface area contributed by atoms with E-state index < -0.39 is 0 Å². The first-order valence-electron chi connectivity index (χ1n) is 9.66. The number of aromatic amines is 1. The molecule has 0 saturated carbocycles.